The van der Waals surface area contributed by atoms with Crippen molar-refractivity contribution in [2.75, 3.05) is 31.1 Å². The van der Waals surface area contributed by atoms with Crippen molar-refractivity contribution in [3.63, 3.8) is 0 Å². The second-order valence-electron chi connectivity index (χ2n) is 3.32. The minimum absolute atomic E-state index is 0.234. The monoisotopic (exact) mass is 211 g/mol. The number of nitrogens with two attached hydrogens (primary N) is 1. The summed E-state index contributed by atoms with van der Waals surface area (Å²) in [5, 5.41) is 0. The average molecular weight is 211 g/mol. The van der Waals surface area contributed by atoms with Crippen molar-refractivity contribution in [1.29, 1.82) is 0 Å². The van der Waals surface area contributed by atoms with Crippen LogP contribution in [0.1, 0.15) is 6.92 Å². The van der Waals surface area contributed by atoms with Crippen molar-refractivity contribution in [1.82, 2.24) is 9.97 Å². The number of nitrogens with one attached hydrogen (secondary N) is 1. The molecule has 0 aliphatic rings. The molecule has 0 radical (unpaired) electrons. The van der Waals surface area contributed by atoms with E-state index >= 15 is 0 Å². The summed E-state index contributed by atoms with van der Waals surface area (Å²) in [5.41, 5.74) is 2.46. The van der Waals surface area contributed by atoms with Crippen LogP contribution < -0.4 is 16.2 Å². The van der Waals surface area contributed by atoms with Crippen molar-refractivity contribution in [2.45, 2.75) is 13.0 Å². The Kier molecular flexibility index (Phi) is 4.26. The molecule has 0 spiro atoms. The van der Waals surface area contributed by atoms with Gasteiger partial charge in [0.15, 0.2) is 5.82 Å². The maximum atomic E-state index is 5.26. The number of hydrogen-bond donors (Lipinski definition) is 2. The minimum atomic E-state index is 0.234. The lowest BCUT2D eigenvalue weighted by Gasteiger charge is -2.25. The van der Waals surface area contributed by atoms with E-state index in [1.807, 2.05) is 18.9 Å². The van der Waals surface area contributed by atoms with Crippen LogP contribution in [0.3, 0.4) is 0 Å². The van der Waals surface area contributed by atoms with Crippen molar-refractivity contribution in [3.8, 4) is 0 Å². The summed E-state index contributed by atoms with van der Waals surface area (Å²) in [7, 11) is 3.61. The molecule has 1 unspecified atom stereocenters. The number of anilines is 2. The molecule has 0 saturated carbocycles. The van der Waals surface area contributed by atoms with Gasteiger partial charge >= 0.3 is 0 Å². The fraction of sp³-hybridized carbons (Fsp3) is 0.556. The zero-order valence-corrected chi connectivity index (χ0v) is 9.27. The standard InChI is InChI=1S/C9H17N5O/c1-7(6-15-3)14(2)9-5-11-4-8(12-9)13-10/h4-5,7H,6,10H2,1-3H3,(H,12,13). The molecule has 1 atom stereocenters. The first-order chi connectivity index (χ1) is 7.19. The number of aromatic nitrogens is 2. The Morgan fingerprint density at radius 3 is 2.93 bits per heavy atom. The highest BCUT2D eigenvalue weighted by Gasteiger charge is 2.11. The van der Waals surface area contributed by atoms with Crippen molar-refractivity contribution in [2.24, 2.45) is 5.84 Å². The van der Waals surface area contributed by atoms with Gasteiger partial charge in [0.25, 0.3) is 0 Å². The number of hydrazine groups is 1. The topological polar surface area (TPSA) is 76.3 Å². The number of ether oxygens (including phenoxy) is 1. The summed E-state index contributed by atoms with van der Waals surface area (Å²) in [6, 6.07) is 0.234. The van der Waals surface area contributed by atoms with Gasteiger partial charge in [-0.05, 0) is 6.92 Å². The second kappa shape index (κ2) is 5.47. The second-order valence-corrected chi connectivity index (χ2v) is 3.32. The molecule has 1 aromatic rings. The van der Waals surface area contributed by atoms with Gasteiger partial charge in [-0.1, -0.05) is 0 Å². The Morgan fingerprint density at radius 1 is 1.60 bits per heavy atom. The van der Waals surface area contributed by atoms with Crippen LogP contribution >= 0.6 is 0 Å². The number of nitrogens with zero attached hydrogens (tertiary/aromatic N) is 3. The summed E-state index contributed by atoms with van der Waals surface area (Å²) in [4.78, 5) is 10.3. The van der Waals surface area contributed by atoms with E-state index in [1.54, 1.807) is 19.5 Å². The highest BCUT2D eigenvalue weighted by atomic mass is 16.5. The zero-order valence-electron chi connectivity index (χ0n) is 9.27. The first-order valence-corrected chi connectivity index (χ1v) is 4.69. The number of hydrogen-bond acceptors (Lipinski definition) is 6. The van der Waals surface area contributed by atoms with E-state index in [9.17, 15) is 0 Å². The lowest BCUT2D eigenvalue weighted by molar-refractivity contribution is 0.183. The van der Waals surface area contributed by atoms with Crippen LogP contribution in [0, 0.1) is 0 Å². The molecule has 0 amide bonds. The molecular formula is C9H17N5O. The van der Waals surface area contributed by atoms with Crippen LogP contribution in [0.2, 0.25) is 0 Å². The van der Waals surface area contributed by atoms with Crippen molar-refractivity contribution >= 4 is 11.6 Å². The first kappa shape index (κ1) is 11.7. The maximum Gasteiger partial charge on any atom is 0.160 e. The fourth-order valence-corrected chi connectivity index (χ4v) is 1.17. The molecule has 6 heteroatoms. The van der Waals surface area contributed by atoms with Gasteiger partial charge in [-0.2, -0.15) is 0 Å². The van der Waals surface area contributed by atoms with Crippen LogP contribution in [0.25, 0.3) is 0 Å². The SMILES string of the molecule is COCC(C)N(C)c1cncc(NN)n1. The molecule has 1 heterocycles. The molecule has 3 N–H and O–H groups in total. The number of rotatable bonds is 5. The predicted octanol–water partition coefficient (Wildman–Crippen LogP) is 0.233. The van der Waals surface area contributed by atoms with Crippen LogP contribution in [-0.2, 0) is 4.74 Å². The third-order valence-corrected chi connectivity index (χ3v) is 2.20. The van der Waals surface area contributed by atoms with Crippen LogP contribution in [0.4, 0.5) is 11.6 Å². The lowest BCUT2D eigenvalue weighted by Crippen LogP contribution is -2.33. The number of methoxy groups -OCH3 is 1. The van der Waals surface area contributed by atoms with E-state index in [1.165, 1.54) is 0 Å². The van der Waals surface area contributed by atoms with Gasteiger partial charge in [0.05, 0.1) is 25.0 Å². The van der Waals surface area contributed by atoms with Gasteiger partial charge in [-0.15, -0.1) is 0 Å². The van der Waals surface area contributed by atoms with E-state index in [-0.39, 0.29) is 6.04 Å². The minimum Gasteiger partial charge on any atom is -0.383 e. The molecule has 0 fully saturated rings. The van der Waals surface area contributed by atoms with Gasteiger partial charge in [0.1, 0.15) is 5.82 Å². The quantitative estimate of drug-likeness (QED) is 0.536. The Morgan fingerprint density at radius 2 is 2.33 bits per heavy atom. The van der Waals surface area contributed by atoms with E-state index < -0.39 is 0 Å². The molecule has 0 aliphatic carbocycles. The van der Waals surface area contributed by atoms with Gasteiger partial charge in [0.2, 0.25) is 0 Å². The zero-order chi connectivity index (χ0) is 11.3. The third kappa shape index (κ3) is 3.03. The Bertz CT molecular complexity index is 306. The van der Waals surface area contributed by atoms with Gasteiger partial charge in [-0.3, -0.25) is 4.98 Å². The Hall–Kier alpha value is -1.40. The number of likely N-dealkylation sites (N-methyl/N-ethyl adjacent to an activating group) is 1. The highest BCUT2D eigenvalue weighted by molar-refractivity contribution is 5.43. The highest BCUT2D eigenvalue weighted by Crippen LogP contribution is 2.12. The van der Waals surface area contributed by atoms with E-state index in [2.05, 4.69) is 15.4 Å². The molecule has 0 aromatic carbocycles. The molecule has 0 aliphatic heterocycles. The van der Waals surface area contributed by atoms with Crippen LogP contribution in [0.15, 0.2) is 12.4 Å². The third-order valence-electron chi connectivity index (χ3n) is 2.20. The smallest absolute Gasteiger partial charge is 0.160 e. The summed E-state index contributed by atoms with van der Waals surface area (Å²) < 4.78 is 5.07. The molecule has 6 nitrogen and oxygen atoms in total. The van der Waals surface area contributed by atoms with Crippen LogP contribution in [0.5, 0.6) is 0 Å². The lowest BCUT2D eigenvalue weighted by atomic mass is 10.3. The predicted molar refractivity (Wildman–Crippen MR) is 59.6 cm³/mol. The fourth-order valence-electron chi connectivity index (χ4n) is 1.17. The van der Waals surface area contributed by atoms with E-state index in [0.29, 0.717) is 12.4 Å². The molecular weight excluding hydrogens is 194 g/mol. The van der Waals surface area contributed by atoms with Crippen molar-refractivity contribution < 1.29 is 4.74 Å². The molecule has 0 saturated heterocycles. The van der Waals surface area contributed by atoms with E-state index in [4.69, 9.17) is 10.6 Å². The first-order valence-electron chi connectivity index (χ1n) is 4.69. The average Bonchev–Trinajstić information content (AvgIpc) is 2.28. The van der Waals surface area contributed by atoms with Gasteiger partial charge in [0, 0.05) is 14.2 Å². The van der Waals surface area contributed by atoms with Gasteiger partial charge < -0.3 is 15.1 Å². The Labute approximate surface area is 89.4 Å². The van der Waals surface area contributed by atoms with Crippen molar-refractivity contribution in [3.05, 3.63) is 12.4 Å². The molecule has 84 valence electrons. The molecule has 0 bridgehead atoms. The maximum absolute atomic E-state index is 5.26. The normalized spacial score (nSPS) is 12.3. The Balaban J connectivity index is 2.76. The summed E-state index contributed by atoms with van der Waals surface area (Å²) in [5.74, 6) is 6.56. The van der Waals surface area contributed by atoms with Gasteiger partial charge in [-0.25, -0.2) is 10.8 Å². The number of nitrogen functional groups attached to an aromatic ring is 1. The molecule has 15 heavy (non-hydrogen) atoms. The largest absolute Gasteiger partial charge is 0.383 e. The summed E-state index contributed by atoms with van der Waals surface area (Å²) in [6.07, 6.45) is 3.26. The van der Waals surface area contributed by atoms with E-state index in [0.717, 1.165) is 5.82 Å². The summed E-state index contributed by atoms with van der Waals surface area (Å²) in [6.45, 7) is 2.69. The molecule has 1 rings (SSSR count). The summed E-state index contributed by atoms with van der Waals surface area (Å²) >= 11 is 0. The van der Waals surface area contributed by atoms with Crippen LogP contribution in [-0.4, -0.2) is 36.8 Å². The molecule has 1 aromatic heterocycles.